The predicted octanol–water partition coefficient (Wildman–Crippen LogP) is 2.21. The second-order valence-electron chi connectivity index (χ2n) is 8.42. The molecule has 1 saturated heterocycles. The molecule has 0 aromatic rings. The molecule has 0 bridgehead atoms. The van der Waals surface area contributed by atoms with Crippen LogP contribution in [-0.2, 0) is 19.1 Å². The Bertz CT molecular complexity index is 833. The lowest BCUT2D eigenvalue weighted by Crippen LogP contribution is -2.43. The van der Waals surface area contributed by atoms with E-state index >= 15 is 0 Å². The van der Waals surface area contributed by atoms with Gasteiger partial charge in [-0.15, -0.1) is 0 Å². The van der Waals surface area contributed by atoms with Crippen LogP contribution in [0, 0.1) is 17.8 Å². The molecule has 2 heterocycles. The minimum absolute atomic E-state index is 0.0383. The number of carbonyl (C=O) groups is 2. The Kier molecular flexibility index (Phi) is 2.69. The standard InChI is InChI=1S/C20H22O5/c1-8-5-6-20(23)14(10(3)18(22)25-20)15-12(8)13-11(7-9(2)16(13)21)17-19(15,4)24-17/h9,12,15,17,23H,1,5-7H2,2-4H3/t9-,12+,15-,17-,19+,20+/m1/s1. The zero-order valence-corrected chi connectivity index (χ0v) is 14.7. The summed E-state index contributed by atoms with van der Waals surface area (Å²) in [5, 5.41) is 11.1. The summed E-state index contributed by atoms with van der Waals surface area (Å²) >= 11 is 0. The second kappa shape index (κ2) is 4.33. The Morgan fingerprint density at radius 3 is 2.76 bits per heavy atom. The van der Waals surface area contributed by atoms with Crippen LogP contribution < -0.4 is 0 Å². The van der Waals surface area contributed by atoms with Gasteiger partial charge in [0.05, 0.1) is 0 Å². The van der Waals surface area contributed by atoms with Crippen LogP contribution in [0.5, 0.6) is 0 Å². The summed E-state index contributed by atoms with van der Waals surface area (Å²) in [6.45, 7) is 9.93. The molecular formula is C20H22O5. The third kappa shape index (κ3) is 1.66. The Hall–Kier alpha value is -1.72. The van der Waals surface area contributed by atoms with Gasteiger partial charge < -0.3 is 14.6 Å². The molecule has 1 N–H and O–H groups in total. The number of epoxide rings is 1. The van der Waals surface area contributed by atoms with E-state index in [1.54, 1.807) is 6.92 Å². The van der Waals surface area contributed by atoms with Gasteiger partial charge in [-0.25, -0.2) is 4.79 Å². The molecule has 5 rings (SSSR count). The average Bonchev–Trinajstić information content (AvgIpc) is 3.12. The van der Waals surface area contributed by atoms with Gasteiger partial charge in [0.25, 0.3) is 0 Å². The van der Waals surface area contributed by atoms with Crippen molar-refractivity contribution in [2.24, 2.45) is 17.8 Å². The summed E-state index contributed by atoms with van der Waals surface area (Å²) in [4.78, 5) is 25.1. The highest BCUT2D eigenvalue weighted by Crippen LogP contribution is 2.66. The predicted molar refractivity (Wildman–Crippen MR) is 88.2 cm³/mol. The molecule has 6 atom stereocenters. The van der Waals surface area contributed by atoms with Crippen molar-refractivity contribution < 1.29 is 24.2 Å². The van der Waals surface area contributed by atoms with Gasteiger partial charge in [0.15, 0.2) is 5.78 Å². The summed E-state index contributed by atoms with van der Waals surface area (Å²) in [7, 11) is 0. The zero-order valence-electron chi connectivity index (χ0n) is 14.7. The van der Waals surface area contributed by atoms with Crippen molar-refractivity contribution in [1.29, 1.82) is 0 Å². The van der Waals surface area contributed by atoms with E-state index in [0.717, 1.165) is 23.1 Å². The minimum Gasteiger partial charge on any atom is -0.426 e. The zero-order chi connectivity index (χ0) is 17.9. The Labute approximate surface area is 146 Å². The van der Waals surface area contributed by atoms with Crippen molar-refractivity contribution >= 4 is 11.8 Å². The highest BCUT2D eigenvalue weighted by Gasteiger charge is 2.71. The summed E-state index contributed by atoms with van der Waals surface area (Å²) < 4.78 is 11.5. The molecule has 5 nitrogen and oxygen atoms in total. The molecule has 3 aliphatic carbocycles. The molecule has 0 unspecified atom stereocenters. The lowest BCUT2D eigenvalue weighted by Gasteiger charge is -2.37. The number of fused-ring (bicyclic) bond motifs is 7. The van der Waals surface area contributed by atoms with Gasteiger partial charge in [-0.2, -0.15) is 0 Å². The second-order valence-corrected chi connectivity index (χ2v) is 8.42. The van der Waals surface area contributed by atoms with Crippen LogP contribution in [0.25, 0.3) is 0 Å². The van der Waals surface area contributed by atoms with E-state index < -0.39 is 17.4 Å². The molecule has 0 amide bonds. The van der Waals surface area contributed by atoms with E-state index in [-0.39, 0.29) is 36.1 Å². The van der Waals surface area contributed by atoms with Crippen LogP contribution in [-0.4, -0.2) is 34.4 Å². The number of aliphatic hydroxyl groups is 1. The number of Topliss-reactive ketones (excluding diaryl/α,β-unsaturated/α-hetero) is 1. The number of hydrogen-bond acceptors (Lipinski definition) is 5. The number of hydrogen-bond donors (Lipinski definition) is 1. The molecule has 0 aromatic heterocycles. The van der Waals surface area contributed by atoms with Gasteiger partial charge >= 0.3 is 5.97 Å². The molecule has 1 saturated carbocycles. The van der Waals surface area contributed by atoms with Crippen molar-refractivity contribution in [3.05, 3.63) is 34.4 Å². The Balaban J connectivity index is 1.77. The van der Waals surface area contributed by atoms with Crippen LogP contribution >= 0.6 is 0 Å². The minimum atomic E-state index is -1.60. The normalized spacial score (nSPS) is 47.9. The molecule has 25 heavy (non-hydrogen) atoms. The number of rotatable bonds is 0. The van der Waals surface area contributed by atoms with Gasteiger partial charge in [0.2, 0.25) is 5.79 Å². The molecule has 2 fully saturated rings. The van der Waals surface area contributed by atoms with Crippen molar-refractivity contribution in [3.63, 3.8) is 0 Å². The molecule has 0 aromatic carbocycles. The highest BCUT2D eigenvalue weighted by atomic mass is 16.7. The van der Waals surface area contributed by atoms with Gasteiger partial charge in [-0.3, -0.25) is 4.79 Å². The highest BCUT2D eigenvalue weighted by molar-refractivity contribution is 6.02. The van der Waals surface area contributed by atoms with Gasteiger partial charge in [0.1, 0.15) is 11.7 Å². The molecule has 2 aliphatic heterocycles. The summed E-state index contributed by atoms with van der Waals surface area (Å²) in [6.07, 6.45) is 1.43. The lowest BCUT2D eigenvalue weighted by molar-refractivity contribution is -0.185. The van der Waals surface area contributed by atoms with E-state index in [1.807, 2.05) is 13.8 Å². The van der Waals surface area contributed by atoms with Gasteiger partial charge in [0, 0.05) is 40.9 Å². The van der Waals surface area contributed by atoms with E-state index in [2.05, 4.69) is 6.58 Å². The van der Waals surface area contributed by atoms with Crippen LogP contribution in [0.2, 0.25) is 0 Å². The van der Waals surface area contributed by atoms with Crippen LogP contribution in [0.3, 0.4) is 0 Å². The fourth-order valence-electron chi connectivity index (χ4n) is 5.66. The third-order valence-corrected chi connectivity index (χ3v) is 6.93. The largest absolute Gasteiger partial charge is 0.426 e. The van der Waals surface area contributed by atoms with E-state index in [1.165, 1.54) is 0 Å². The summed E-state index contributed by atoms with van der Waals surface area (Å²) in [5.74, 6) is -2.44. The monoisotopic (exact) mass is 342 g/mol. The molecule has 0 spiro atoms. The molecule has 0 radical (unpaired) electrons. The van der Waals surface area contributed by atoms with Crippen molar-refractivity contribution in [2.75, 3.05) is 0 Å². The summed E-state index contributed by atoms with van der Waals surface area (Å²) in [6, 6.07) is 0. The molecular weight excluding hydrogens is 320 g/mol. The average molecular weight is 342 g/mol. The van der Waals surface area contributed by atoms with Gasteiger partial charge in [-0.05, 0) is 32.3 Å². The van der Waals surface area contributed by atoms with Crippen molar-refractivity contribution in [2.45, 2.75) is 57.5 Å². The summed E-state index contributed by atoms with van der Waals surface area (Å²) in [5.41, 5.74) is 3.40. The molecule has 132 valence electrons. The first-order valence-electron chi connectivity index (χ1n) is 8.98. The Morgan fingerprint density at radius 2 is 2.04 bits per heavy atom. The lowest BCUT2D eigenvalue weighted by atomic mass is 9.64. The number of ether oxygens (including phenoxy) is 2. The van der Waals surface area contributed by atoms with E-state index in [0.29, 0.717) is 17.6 Å². The maximum absolute atomic E-state index is 12.9. The first-order chi connectivity index (χ1) is 11.7. The first kappa shape index (κ1) is 15.5. The number of carbonyl (C=O) groups excluding carboxylic acids is 2. The fourth-order valence-corrected chi connectivity index (χ4v) is 5.66. The maximum atomic E-state index is 12.9. The third-order valence-electron chi connectivity index (χ3n) is 6.93. The molecule has 5 aliphatic rings. The first-order valence-corrected chi connectivity index (χ1v) is 8.98. The van der Waals surface area contributed by atoms with Crippen LogP contribution in [0.1, 0.15) is 40.0 Å². The van der Waals surface area contributed by atoms with E-state index in [4.69, 9.17) is 9.47 Å². The smallest absolute Gasteiger partial charge is 0.336 e. The SMILES string of the molecule is C=C1CC[C@]2(O)OC(=O)C(C)=C2[C@H]2[C@@H]1C1=C(C[C@@H](C)C1=O)[C@H]1O[C@]12C. The van der Waals surface area contributed by atoms with Crippen molar-refractivity contribution in [1.82, 2.24) is 0 Å². The van der Waals surface area contributed by atoms with Crippen molar-refractivity contribution in [3.8, 4) is 0 Å². The fraction of sp³-hybridized carbons (Fsp3) is 0.600. The number of ketones is 1. The van der Waals surface area contributed by atoms with Crippen LogP contribution in [0.15, 0.2) is 34.4 Å². The quantitative estimate of drug-likeness (QED) is 0.415. The van der Waals surface area contributed by atoms with Crippen LogP contribution in [0.4, 0.5) is 0 Å². The number of allylic oxidation sites excluding steroid dienone is 2. The maximum Gasteiger partial charge on any atom is 0.336 e. The Morgan fingerprint density at radius 1 is 1.32 bits per heavy atom. The topological polar surface area (TPSA) is 76.1 Å². The van der Waals surface area contributed by atoms with E-state index in [9.17, 15) is 14.7 Å². The molecule has 5 heteroatoms. The number of esters is 1. The van der Waals surface area contributed by atoms with Gasteiger partial charge in [-0.1, -0.05) is 19.1 Å².